The van der Waals surface area contributed by atoms with Crippen LogP contribution in [0.4, 0.5) is 11.5 Å². The first-order chi connectivity index (χ1) is 9.54. The molecule has 0 aliphatic heterocycles. The molecule has 0 atom stereocenters. The van der Waals surface area contributed by atoms with Crippen molar-refractivity contribution in [2.75, 3.05) is 16.8 Å². The van der Waals surface area contributed by atoms with Gasteiger partial charge in [0.25, 0.3) is 5.56 Å². The number of halogens is 1. The third kappa shape index (κ3) is 4.23. The van der Waals surface area contributed by atoms with Crippen molar-refractivity contribution in [2.45, 2.75) is 5.16 Å². The van der Waals surface area contributed by atoms with Gasteiger partial charge in [-0.15, -0.1) is 0 Å². The van der Waals surface area contributed by atoms with Crippen LogP contribution in [0.2, 0.25) is 0 Å². The first kappa shape index (κ1) is 14.9. The predicted octanol–water partition coefficient (Wildman–Crippen LogP) is 1.69. The molecule has 0 spiro atoms. The van der Waals surface area contributed by atoms with E-state index in [-0.39, 0.29) is 23.0 Å². The van der Waals surface area contributed by atoms with E-state index in [2.05, 4.69) is 37.9 Å². The van der Waals surface area contributed by atoms with Crippen molar-refractivity contribution in [1.29, 1.82) is 0 Å². The summed E-state index contributed by atoms with van der Waals surface area (Å²) in [6.45, 7) is 0. The van der Waals surface area contributed by atoms with Crippen LogP contribution in [-0.4, -0.2) is 21.6 Å². The molecule has 0 aliphatic rings. The number of aromatic nitrogens is 2. The molecule has 0 aliphatic carbocycles. The van der Waals surface area contributed by atoms with Gasteiger partial charge in [0.05, 0.1) is 11.4 Å². The summed E-state index contributed by atoms with van der Waals surface area (Å²) >= 11 is 3.27. The number of anilines is 2. The maximum atomic E-state index is 11.8. The standard InChI is InChI=1S/C12H11IN4O2S/c13-7-3-1-2-4-8(7)15-11(19)6-20-12-16-9(14)5-10(18)17-12/h1-5H,6H2,(H,15,19)(H3,14,16,17,18). The van der Waals surface area contributed by atoms with Crippen LogP contribution in [0.15, 0.2) is 40.3 Å². The van der Waals surface area contributed by atoms with E-state index < -0.39 is 0 Å². The minimum absolute atomic E-state index is 0.134. The first-order valence-corrected chi connectivity index (χ1v) is 7.65. The number of carbonyl (C=O) groups is 1. The van der Waals surface area contributed by atoms with Gasteiger partial charge >= 0.3 is 0 Å². The Bertz CT molecular complexity index is 689. The number of amides is 1. The van der Waals surface area contributed by atoms with Gasteiger partial charge in [-0.3, -0.25) is 9.59 Å². The number of carbonyl (C=O) groups excluding carboxylic acids is 1. The average Bonchev–Trinajstić information content (AvgIpc) is 2.38. The summed E-state index contributed by atoms with van der Waals surface area (Å²) in [5.74, 6) is 0.0932. The number of nitrogens with two attached hydrogens (primary N) is 1. The molecule has 6 nitrogen and oxygen atoms in total. The van der Waals surface area contributed by atoms with Gasteiger partial charge in [-0.1, -0.05) is 23.9 Å². The predicted molar refractivity (Wildman–Crippen MR) is 87.8 cm³/mol. The van der Waals surface area contributed by atoms with Gasteiger partial charge in [0, 0.05) is 9.64 Å². The Balaban J connectivity index is 1.96. The summed E-state index contributed by atoms with van der Waals surface area (Å²) in [6, 6.07) is 8.66. The molecule has 0 fully saturated rings. The van der Waals surface area contributed by atoms with E-state index in [4.69, 9.17) is 5.73 Å². The Morgan fingerprint density at radius 1 is 1.45 bits per heavy atom. The van der Waals surface area contributed by atoms with Gasteiger partial charge in [0.2, 0.25) is 5.91 Å². The largest absolute Gasteiger partial charge is 0.383 e. The quantitative estimate of drug-likeness (QED) is 0.411. The Morgan fingerprint density at radius 2 is 2.20 bits per heavy atom. The maximum absolute atomic E-state index is 11.8. The van der Waals surface area contributed by atoms with Crippen molar-refractivity contribution in [2.24, 2.45) is 0 Å². The molecule has 1 heterocycles. The minimum atomic E-state index is -0.335. The zero-order chi connectivity index (χ0) is 14.5. The Labute approximate surface area is 132 Å². The van der Waals surface area contributed by atoms with E-state index in [0.717, 1.165) is 21.0 Å². The summed E-state index contributed by atoms with van der Waals surface area (Å²) in [5.41, 5.74) is 5.89. The molecule has 0 radical (unpaired) electrons. The SMILES string of the molecule is Nc1cc(=O)[nH]c(SCC(=O)Nc2ccccc2I)n1. The van der Waals surface area contributed by atoms with Gasteiger partial charge in [-0.25, -0.2) is 4.98 Å². The second-order valence-electron chi connectivity index (χ2n) is 3.79. The average molecular weight is 402 g/mol. The third-order valence-corrected chi connectivity index (χ3v) is 4.04. The number of rotatable bonds is 4. The third-order valence-electron chi connectivity index (χ3n) is 2.23. The fourth-order valence-corrected chi connectivity index (χ4v) is 2.61. The lowest BCUT2D eigenvalue weighted by molar-refractivity contribution is -0.113. The normalized spacial score (nSPS) is 10.2. The van der Waals surface area contributed by atoms with Crippen molar-refractivity contribution in [3.63, 3.8) is 0 Å². The number of benzene rings is 1. The Kier molecular flexibility index (Phi) is 5.01. The highest BCUT2D eigenvalue weighted by Crippen LogP contribution is 2.18. The van der Waals surface area contributed by atoms with Crippen molar-refractivity contribution < 1.29 is 4.79 Å². The lowest BCUT2D eigenvalue weighted by atomic mass is 10.3. The molecular formula is C12H11IN4O2S. The van der Waals surface area contributed by atoms with E-state index in [1.807, 2.05) is 24.3 Å². The van der Waals surface area contributed by atoms with Crippen LogP contribution in [0, 0.1) is 3.57 Å². The molecule has 8 heteroatoms. The Hall–Kier alpha value is -1.55. The molecule has 4 N–H and O–H groups in total. The lowest BCUT2D eigenvalue weighted by Crippen LogP contribution is -2.16. The van der Waals surface area contributed by atoms with E-state index in [9.17, 15) is 9.59 Å². The number of nitrogens with one attached hydrogen (secondary N) is 2. The highest BCUT2D eigenvalue weighted by Gasteiger charge is 2.07. The number of hydrogen-bond donors (Lipinski definition) is 3. The minimum Gasteiger partial charge on any atom is -0.383 e. The van der Waals surface area contributed by atoms with Crippen molar-refractivity contribution in [3.05, 3.63) is 44.3 Å². The second-order valence-corrected chi connectivity index (χ2v) is 5.92. The topological polar surface area (TPSA) is 101 Å². The maximum Gasteiger partial charge on any atom is 0.253 e. The van der Waals surface area contributed by atoms with Gasteiger partial charge in [0.15, 0.2) is 5.16 Å². The van der Waals surface area contributed by atoms with Gasteiger partial charge in [-0.2, -0.15) is 0 Å². The summed E-state index contributed by atoms with van der Waals surface area (Å²) in [7, 11) is 0. The number of nitrogens with zero attached hydrogens (tertiary/aromatic N) is 1. The van der Waals surface area contributed by atoms with Crippen LogP contribution in [0.3, 0.4) is 0 Å². The zero-order valence-corrected chi connectivity index (χ0v) is 13.2. The van der Waals surface area contributed by atoms with E-state index in [1.165, 1.54) is 6.07 Å². The molecule has 1 aromatic heterocycles. The van der Waals surface area contributed by atoms with E-state index >= 15 is 0 Å². The lowest BCUT2D eigenvalue weighted by Gasteiger charge is -2.06. The zero-order valence-electron chi connectivity index (χ0n) is 10.2. The molecular weight excluding hydrogens is 391 g/mol. The van der Waals surface area contributed by atoms with Crippen LogP contribution in [0.25, 0.3) is 0 Å². The number of H-pyrrole nitrogens is 1. The van der Waals surface area contributed by atoms with Crippen molar-refractivity contribution >= 4 is 51.8 Å². The van der Waals surface area contributed by atoms with E-state index in [0.29, 0.717) is 5.16 Å². The van der Waals surface area contributed by atoms with Crippen molar-refractivity contribution in [3.8, 4) is 0 Å². The van der Waals surface area contributed by atoms with Crippen LogP contribution in [0.5, 0.6) is 0 Å². The monoisotopic (exact) mass is 402 g/mol. The fraction of sp³-hybridized carbons (Fsp3) is 0.0833. The van der Waals surface area contributed by atoms with Gasteiger partial charge in [0.1, 0.15) is 5.82 Å². The number of para-hydroxylation sites is 1. The number of nitrogen functional groups attached to an aromatic ring is 1. The molecule has 0 saturated carbocycles. The molecule has 1 amide bonds. The van der Waals surface area contributed by atoms with Crippen molar-refractivity contribution in [1.82, 2.24) is 9.97 Å². The van der Waals surface area contributed by atoms with E-state index in [1.54, 1.807) is 0 Å². The highest BCUT2D eigenvalue weighted by atomic mass is 127. The molecule has 0 unspecified atom stereocenters. The molecule has 20 heavy (non-hydrogen) atoms. The number of hydrogen-bond acceptors (Lipinski definition) is 5. The highest BCUT2D eigenvalue weighted by molar-refractivity contribution is 14.1. The fourth-order valence-electron chi connectivity index (χ4n) is 1.40. The molecule has 2 aromatic rings. The van der Waals surface area contributed by atoms with Crippen LogP contribution in [-0.2, 0) is 4.79 Å². The summed E-state index contributed by atoms with van der Waals surface area (Å²) in [6.07, 6.45) is 0. The van der Waals surface area contributed by atoms with Crippen LogP contribution < -0.4 is 16.6 Å². The molecule has 1 aromatic carbocycles. The van der Waals surface area contributed by atoms with Gasteiger partial charge in [-0.05, 0) is 34.7 Å². The number of thioether (sulfide) groups is 1. The summed E-state index contributed by atoms with van der Waals surface area (Å²) in [4.78, 5) is 29.5. The molecule has 2 rings (SSSR count). The van der Waals surface area contributed by atoms with Gasteiger partial charge < -0.3 is 16.0 Å². The summed E-state index contributed by atoms with van der Waals surface area (Å²) in [5, 5.41) is 3.12. The second kappa shape index (κ2) is 6.75. The van der Waals surface area contributed by atoms with Crippen LogP contribution in [0.1, 0.15) is 0 Å². The Morgan fingerprint density at radius 3 is 2.90 bits per heavy atom. The first-order valence-electron chi connectivity index (χ1n) is 5.58. The summed E-state index contributed by atoms with van der Waals surface area (Å²) < 4.78 is 0.957. The van der Waals surface area contributed by atoms with Crippen LogP contribution >= 0.6 is 34.4 Å². The molecule has 104 valence electrons. The smallest absolute Gasteiger partial charge is 0.253 e. The molecule has 0 bridgehead atoms. The number of aromatic amines is 1. The molecule has 0 saturated heterocycles.